The van der Waals surface area contributed by atoms with Crippen LogP contribution in [-0.2, 0) is 24.0 Å². The molecule has 4 aliphatic heterocycles. The van der Waals surface area contributed by atoms with Gasteiger partial charge in [0, 0.05) is 55.6 Å². The lowest BCUT2D eigenvalue weighted by atomic mass is 9.73. The van der Waals surface area contributed by atoms with Crippen LogP contribution in [0.4, 0.5) is 0 Å². The second kappa shape index (κ2) is 12.4. The Hall–Kier alpha value is -2.44. The van der Waals surface area contributed by atoms with Gasteiger partial charge in [-0.2, -0.15) is 0 Å². The number of β-lactam (4-membered cyclic amide) rings is 1. The molecule has 3 amide bonds. The van der Waals surface area contributed by atoms with E-state index in [1.165, 1.54) is 23.6 Å². The number of hydrogen-bond donors (Lipinski definition) is 3. The monoisotopic (exact) mass is 563 g/mol. The highest BCUT2D eigenvalue weighted by Crippen LogP contribution is 2.53. The number of carboxylic acid groups (broad SMARTS) is 1. The molecule has 4 aliphatic rings. The Morgan fingerprint density at radius 3 is 2.67 bits per heavy atom. The van der Waals surface area contributed by atoms with Gasteiger partial charge >= 0.3 is 5.97 Å². The zero-order valence-corrected chi connectivity index (χ0v) is 24.1. The molecule has 11 nitrogen and oxygen atoms in total. The second-order valence-corrected chi connectivity index (χ2v) is 12.7. The zero-order valence-electron chi connectivity index (χ0n) is 23.3. The van der Waals surface area contributed by atoms with Crippen molar-refractivity contribution >= 4 is 41.2 Å². The molecule has 3 N–H and O–H groups in total. The summed E-state index contributed by atoms with van der Waals surface area (Å²) in [7, 11) is 1.71. The molecule has 0 aromatic heterocycles. The quantitative estimate of drug-likeness (QED) is 0.330. The average molecular weight is 564 g/mol. The first-order valence-electron chi connectivity index (χ1n) is 13.9. The molecular weight excluding hydrogens is 522 g/mol. The number of rotatable bonds is 10. The minimum Gasteiger partial charge on any atom is -0.477 e. The Morgan fingerprint density at radius 2 is 1.97 bits per heavy atom. The van der Waals surface area contributed by atoms with Crippen molar-refractivity contribution in [1.29, 1.82) is 0 Å². The van der Waals surface area contributed by atoms with E-state index in [1.54, 1.807) is 11.9 Å². The molecule has 0 radical (unpaired) electrons. The molecule has 12 heteroatoms. The van der Waals surface area contributed by atoms with Gasteiger partial charge in [-0.1, -0.05) is 13.8 Å². The van der Waals surface area contributed by atoms with Crippen molar-refractivity contribution in [2.45, 2.75) is 70.2 Å². The number of nitrogens with zero attached hydrogens (tertiary/aromatic N) is 3. The third-order valence-corrected chi connectivity index (χ3v) is 9.93. The van der Waals surface area contributed by atoms with Gasteiger partial charge in [0.05, 0.1) is 24.7 Å². The second-order valence-electron chi connectivity index (χ2n) is 11.4. The molecule has 3 fully saturated rings. The summed E-state index contributed by atoms with van der Waals surface area (Å²) in [5, 5.41) is 16.5. The standard InChI is InChI=1S/C27H41N5O6S/c1-15(11-16(2)33)21-22-17(3)24(23(27(37)38)32(22)26(21)36)39-18-12-19(29-13-18)25(35)30(4)10-7-20(34)31-9-6-5-8-28-14-31/h15,17-19,21-22,28-29H,5-14H2,1-4H3,(H,37,38)/t15-,17+,18-,19-,21+,22+/m0/s1. The molecule has 216 valence electrons. The van der Waals surface area contributed by atoms with E-state index in [1.807, 2.05) is 18.7 Å². The van der Waals surface area contributed by atoms with E-state index in [4.69, 9.17) is 0 Å². The van der Waals surface area contributed by atoms with Crippen LogP contribution in [0.3, 0.4) is 0 Å². The van der Waals surface area contributed by atoms with E-state index in [0.717, 1.165) is 25.9 Å². The van der Waals surface area contributed by atoms with Crippen LogP contribution < -0.4 is 10.6 Å². The summed E-state index contributed by atoms with van der Waals surface area (Å²) in [5.74, 6) is -2.05. The summed E-state index contributed by atoms with van der Waals surface area (Å²) < 4.78 is 0. The number of likely N-dealkylation sites (N-methyl/N-ethyl adjacent to an activating group) is 1. The number of fused-ring (bicyclic) bond motifs is 1. The van der Waals surface area contributed by atoms with Gasteiger partial charge in [-0.25, -0.2) is 4.79 Å². The van der Waals surface area contributed by atoms with Gasteiger partial charge in [0.15, 0.2) is 0 Å². The summed E-state index contributed by atoms with van der Waals surface area (Å²) in [5.41, 5.74) is 0.0437. The van der Waals surface area contributed by atoms with Crippen molar-refractivity contribution in [3.05, 3.63) is 10.6 Å². The van der Waals surface area contributed by atoms with Crippen molar-refractivity contribution in [2.75, 3.05) is 39.9 Å². The highest BCUT2D eigenvalue weighted by Gasteiger charge is 2.60. The maximum Gasteiger partial charge on any atom is 0.353 e. The summed E-state index contributed by atoms with van der Waals surface area (Å²) in [6.07, 6.45) is 3.12. The smallest absolute Gasteiger partial charge is 0.353 e. The van der Waals surface area contributed by atoms with Gasteiger partial charge in [-0.3, -0.25) is 19.7 Å². The van der Waals surface area contributed by atoms with E-state index in [-0.39, 0.29) is 64.7 Å². The number of aliphatic carboxylic acids is 1. The lowest BCUT2D eigenvalue weighted by molar-refractivity contribution is -0.160. The Balaban J connectivity index is 1.33. The Labute approximate surface area is 234 Å². The Morgan fingerprint density at radius 1 is 1.23 bits per heavy atom. The van der Waals surface area contributed by atoms with Crippen LogP contribution in [0.2, 0.25) is 0 Å². The minimum atomic E-state index is -1.12. The number of carboxylic acids is 1. The Bertz CT molecular complexity index is 1040. The summed E-state index contributed by atoms with van der Waals surface area (Å²) in [4.78, 5) is 68.0. The first kappa shape index (κ1) is 29.5. The van der Waals surface area contributed by atoms with Crippen molar-refractivity contribution in [1.82, 2.24) is 25.3 Å². The van der Waals surface area contributed by atoms with Gasteiger partial charge in [0.1, 0.15) is 11.5 Å². The van der Waals surface area contributed by atoms with Crippen molar-refractivity contribution in [3.8, 4) is 0 Å². The molecule has 0 saturated carbocycles. The van der Waals surface area contributed by atoms with Gasteiger partial charge in [-0.05, 0) is 38.6 Å². The first-order valence-corrected chi connectivity index (χ1v) is 14.8. The highest BCUT2D eigenvalue weighted by molar-refractivity contribution is 8.03. The number of hydrogen-bond acceptors (Lipinski definition) is 8. The molecule has 0 unspecified atom stereocenters. The minimum absolute atomic E-state index is 0.0152. The highest BCUT2D eigenvalue weighted by atomic mass is 32.2. The van der Waals surface area contributed by atoms with Crippen molar-refractivity contribution in [2.24, 2.45) is 17.8 Å². The summed E-state index contributed by atoms with van der Waals surface area (Å²) in [6, 6.07) is -0.662. The number of amides is 3. The SMILES string of the molecule is CC(=O)C[C@H](C)[C@H]1C(=O)N2C(C(=O)O)=C(S[C@@H]3CN[C@H](C(=O)N(C)CCC(=O)N4CCCCNC4)C3)[C@H](C)[C@H]12. The van der Waals surface area contributed by atoms with Crippen LogP contribution in [0.25, 0.3) is 0 Å². The van der Waals surface area contributed by atoms with Crippen molar-refractivity contribution < 1.29 is 29.1 Å². The van der Waals surface area contributed by atoms with Gasteiger partial charge < -0.3 is 29.9 Å². The number of nitrogens with one attached hydrogen (secondary N) is 2. The van der Waals surface area contributed by atoms with Gasteiger partial charge in [0.25, 0.3) is 0 Å². The normalized spacial score (nSPS) is 29.5. The molecule has 0 aliphatic carbocycles. The molecule has 0 aromatic rings. The number of ketones is 1. The summed E-state index contributed by atoms with van der Waals surface area (Å²) >= 11 is 1.45. The van der Waals surface area contributed by atoms with E-state index in [2.05, 4.69) is 10.6 Å². The number of carbonyl (C=O) groups excluding carboxylic acids is 4. The van der Waals surface area contributed by atoms with Gasteiger partial charge in [0.2, 0.25) is 17.7 Å². The molecular formula is C27H41N5O6S. The van der Waals surface area contributed by atoms with E-state index >= 15 is 0 Å². The number of Topliss-reactive ketones (excluding diaryl/α,β-unsaturated/α-hetero) is 1. The molecule has 4 rings (SSSR count). The molecule has 6 atom stereocenters. The van der Waals surface area contributed by atoms with Crippen LogP contribution in [-0.4, -0.2) is 107 Å². The lowest BCUT2D eigenvalue weighted by Crippen LogP contribution is -2.62. The topological polar surface area (TPSA) is 139 Å². The summed E-state index contributed by atoms with van der Waals surface area (Å²) in [6.45, 7) is 8.41. The maximum absolute atomic E-state index is 13.1. The third kappa shape index (κ3) is 6.17. The molecule has 0 bridgehead atoms. The average Bonchev–Trinajstić information content (AvgIpc) is 3.30. The molecule has 3 saturated heterocycles. The van der Waals surface area contributed by atoms with Gasteiger partial charge in [-0.15, -0.1) is 11.8 Å². The van der Waals surface area contributed by atoms with Crippen molar-refractivity contribution in [3.63, 3.8) is 0 Å². The fourth-order valence-electron chi connectivity index (χ4n) is 6.36. The van der Waals surface area contributed by atoms with E-state index in [9.17, 15) is 29.1 Å². The van der Waals surface area contributed by atoms with Crippen LogP contribution in [0, 0.1) is 17.8 Å². The van der Waals surface area contributed by atoms with E-state index in [0.29, 0.717) is 37.5 Å². The zero-order chi connectivity index (χ0) is 28.4. The number of carbonyl (C=O) groups is 5. The van der Waals surface area contributed by atoms with Crippen LogP contribution in [0.5, 0.6) is 0 Å². The lowest BCUT2D eigenvalue weighted by Gasteiger charge is -2.47. The molecule has 39 heavy (non-hydrogen) atoms. The van der Waals surface area contributed by atoms with Crippen LogP contribution in [0.1, 0.15) is 52.9 Å². The molecule has 4 heterocycles. The third-order valence-electron chi connectivity index (χ3n) is 8.42. The van der Waals surface area contributed by atoms with Crippen LogP contribution >= 0.6 is 11.8 Å². The maximum atomic E-state index is 13.1. The predicted octanol–water partition coefficient (Wildman–Crippen LogP) is 0.856. The number of thioether (sulfide) groups is 1. The fraction of sp³-hybridized carbons (Fsp3) is 0.741. The fourth-order valence-corrected chi connectivity index (χ4v) is 7.84. The van der Waals surface area contributed by atoms with Crippen LogP contribution in [0.15, 0.2) is 10.6 Å². The van der Waals surface area contributed by atoms with E-state index < -0.39 is 12.0 Å². The largest absolute Gasteiger partial charge is 0.477 e. The Kier molecular flexibility index (Phi) is 9.38. The predicted molar refractivity (Wildman–Crippen MR) is 146 cm³/mol. The molecule has 0 aromatic carbocycles. The molecule has 0 spiro atoms. The first-order chi connectivity index (χ1) is 18.5.